The Bertz CT molecular complexity index is 295. The van der Waals surface area contributed by atoms with Crippen LogP contribution in [0.5, 0.6) is 0 Å². The molecule has 0 aliphatic heterocycles. The third kappa shape index (κ3) is 9.82. The van der Waals surface area contributed by atoms with Gasteiger partial charge in [0.2, 0.25) is 0 Å². The first kappa shape index (κ1) is 18.9. The van der Waals surface area contributed by atoms with Crippen molar-refractivity contribution in [2.75, 3.05) is 0 Å². The van der Waals surface area contributed by atoms with Gasteiger partial charge in [-0.15, -0.1) is 0 Å². The predicted molar refractivity (Wildman–Crippen MR) is 79.6 cm³/mol. The number of carboxylic acids is 1. The molecule has 0 aromatic rings. The van der Waals surface area contributed by atoms with Gasteiger partial charge < -0.3 is 9.84 Å². The average molecular weight is 286 g/mol. The van der Waals surface area contributed by atoms with Crippen LogP contribution in [0.4, 0.5) is 0 Å². The van der Waals surface area contributed by atoms with E-state index in [-0.39, 0.29) is 12.4 Å². The highest BCUT2D eigenvalue weighted by Gasteiger charge is 2.26. The van der Waals surface area contributed by atoms with Crippen LogP contribution in [0.1, 0.15) is 79.1 Å². The number of carbonyl (C=O) groups excluding carboxylic acids is 1. The van der Waals surface area contributed by atoms with E-state index >= 15 is 0 Å². The first-order valence-electron chi connectivity index (χ1n) is 7.69. The summed E-state index contributed by atoms with van der Waals surface area (Å²) in [5.41, 5.74) is -0.395. The SMILES string of the molecule is CC(C)C(C)(C)OC(=O)CCCCCCCCC(=O)O. The zero-order valence-corrected chi connectivity index (χ0v) is 13.4. The van der Waals surface area contributed by atoms with Crippen LogP contribution in [0.3, 0.4) is 0 Å². The number of ether oxygens (including phenoxy) is 1. The Morgan fingerprint density at radius 3 is 1.85 bits per heavy atom. The second-order valence-electron chi connectivity index (χ2n) is 6.25. The summed E-state index contributed by atoms with van der Waals surface area (Å²) < 4.78 is 5.47. The molecule has 0 fully saturated rings. The van der Waals surface area contributed by atoms with Gasteiger partial charge in [0.1, 0.15) is 5.60 Å². The minimum Gasteiger partial charge on any atom is -0.481 e. The number of aliphatic carboxylic acids is 1. The van der Waals surface area contributed by atoms with Gasteiger partial charge in [-0.2, -0.15) is 0 Å². The smallest absolute Gasteiger partial charge is 0.306 e. The monoisotopic (exact) mass is 286 g/mol. The van der Waals surface area contributed by atoms with E-state index in [2.05, 4.69) is 0 Å². The van der Waals surface area contributed by atoms with Gasteiger partial charge in [0, 0.05) is 12.8 Å². The summed E-state index contributed by atoms with van der Waals surface area (Å²) in [6.45, 7) is 7.98. The van der Waals surface area contributed by atoms with E-state index in [4.69, 9.17) is 9.84 Å². The van der Waals surface area contributed by atoms with Gasteiger partial charge in [-0.1, -0.05) is 39.5 Å². The molecular weight excluding hydrogens is 256 g/mol. The molecule has 4 heteroatoms. The lowest BCUT2D eigenvalue weighted by molar-refractivity contribution is -0.160. The first-order chi connectivity index (χ1) is 9.25. The molecule has 0 aliphatic carbocycles. The molecule has 0 bridgehead atoms. The maximum atomic E-state index is 11.7. The van der Waals surface area contributed by atoms with Crippen molar-refractivity contribution in [2.24, 2.45) is 5.92 Å². The van der Waals surface area contributed by atoms with E-state index in [1.54, 1.807) is 0 Å². The molecule has 0 rings (SSSR count). The summed E-state index contributed by atoms with van der Waals surface area (Å²) in [7, 11) is 0. The van der Waals surface area contributed by atoms with Crippen molar-refractivity contribution < 1.29 is 19.4 Å². The number of esters is 1. The Kier molecular flexibility index (Phi) is 9.26. The predicted octanol–water partition coefficient (Wildman–Crippen LogP) is 4.17. The molecule has 0 radical (unpaired) electrons. The molecule has 0 aromatic heterocycles. The Hall–Kier alpha value is -1.06. The summed E-state index contributed by atoms with van der Waals surface area (Å²) >= 11 is 0. The molecule has 0 heterocycles. The number of hydrogen-bond donors (Lipinski definition) is 1. The lowest BCUT2D eigenvalue weighted by atomic mass is 9.94. The van der Waals surface area contributed by atoms with Crippen LogP contribution < -0.4 is 0 Å². The third-order valence-electron chi connectivity index (χ3n) is 3.79. The van der Waals surface area contributed by atoms with Crippen molar-refractivity contribution in [1.82, 2.24) is 0 Å². The van der Waals surface area contributed by atoms with Gasteiger partial charge in [0.25, 0.3) is 0 Å². The minimum absolute atomic E-state index is 0.116. The van der Waals surface area contributed by atoms with Crippen LogP contribution in [0.25, 0.3) is 0 Å². The molecule has 4 nitrogen and oxygen atoms in total. The van der Waals surface area contributed by atoms with Gasteiger partial charge in [0.15, 0.2) is 0 Å². The van der Waals surface area contributed by atoms with Crippen molar-refractivity contribution in [1.29, 1.82) is 0 Å². The molecule has 1 N–H and O–H groups in total. The molecule has 0 atom stereocenters. The zero-order chi connectivity index (χ0) is 15.6. The summed E-state index contributed by atoms with van der Waals surface area (Å²) in [5, 5.41) is 8.50. The fourth-order valence-corrected chi connectivity index (χ4v) is 1.71. The van der Waals surface area contributed by atoms with E-state index in [9.17, 15) is 9.59 Å². The molecule has 0 aliphatic rings. The van der Waals surface area contributed by atoms with Gasteiger partial charge in [-0.05, 0) is 32.6 Å². The first-order valence-corrected chi connectivity index (χ1v) is 7.69. The molecule has 118 valence electrons. The van der Waals surface area contributed by atoms with Gasteiger partial charge in [-0.3, -0.25) is 9.59 Å². The van der Waals surface area contributed by atoms with Crippen molar-refractivity contribution >= 4 is 11.9 Å². The lowest BCUT2D eigenvalue weighted by Gasteiger charge is -2.29. The standard InChI is InChI=1S/C16H30O4/c1-13(2)16(3,4)20-15(19)12-10-8-6-5-7-9-11-14(17)18/h13H,5-12H2,1-4H3,(H,17,18). The largest absolute Gasteiger partial charge is 0.481 e. The fraction of sp³-hybridized carbons (Fsp3) is 0.875. The number of rotatable bonds is 11. The van der Waals surface area contributed by atoms with Crippen molar-refractivity contribution in [3.8, 4) is 0 Å². The van der Waals surface area contributed by atoms with E-state index in [0.717, 1.165) is 38.5 Å². The quantitative estimate of drug-likeness (QED) is 0.457. The van der Waals surface area contributed by atoms with Crippen molar-refractivity contribution in [3.05, 3.63) is 0 Å². The summed E-state index contributed by atoms with van der Waals surface area (Å²) in [4.78, 5) is 22.0. The third-order valence-corrected chi connectivity index (χ3v) is 3.79. The average Bonchev–Trinajstić information content (AvgIpc) is 2.31. The summed E-state index contributed by atoms with van der Waals surface area (Å²) in [6.07, 6.45) is 6.40. The highest BCUT2D eigenvalue weighted by molar-refractivity contribution is 5.69. The van der Waals surface area contributed by atoms with Crippen LogP contribution >= 0.6 is 0 Å². The molecule has 0 spiro atoms. The zero-order valence-electron chi connectivity index (χ0n) is 13.4. The van der Waals surface area contributed by atoms with Crippen LogP contribution in [0.15, 0.2) is 0 Å². The second kappa shape index (κ2) is 9.78. The van der Waals surface area contributed by atoms with E-state index in [0.29, 0.717) is 12.3 Å². The summed E-state index contributed by atoms with van der Waals surface area (Å²) in [5.74, 6) is -0.532. The normalized spacial score (nSPS) is 11.7. The lowest BCUT2D eigenvalue weighted by Crippen LogP contribution is -2.33. The van der Waals surface area contributed by atoms with Crippen LogP contribution in [0.2, 0.25) is 0 Å². The number of carbonyl (C=O) groups is 2. The van der Waals surface area contributed by atoms with Gasteiger partial charge in [-0.25, -0.2) is 0 Å². The Morgan fingerprint density at radius 2 is 1.40 bits per heavy atom. The molecule has 0 unspecified atom stereocenters. The molecule has 0 saturated carbocycles. The number of unbranched alkanes of at least 4 members (excludes halogenated alkanes) is 5. The Balaban J connectivity index is 3.51. The van der Waals surface area contributed by atoms with Crippen LogP contribution in [-0.2, 0) is 14.3 Å². The van der Waals surface area contributed by atoms with Crippen LogP contribution in [-0.4, -0.2) is 22.6 Å². The molecule has 20 heavy (non-hydrogen) atoms. The van der Waals surface area contributed by atoms with E-state index < -0.39 is 11.6 Å². The Morgan fingerprint density at radius 1 is 0.950 bits per heavy atom. The molecule has 0 saturated heterocycles. The highest BCUT2D eigenvalue weighted by Crippen LogP contribution is 2.21. The molecule has 0 amide bonds. The maximum Gasteiger partial charge on any atom is 0.306 e. The van der Waals surface area contributed by atoms with Crippen molar-refractivity contribution in [2.45, 2.75) is 84.7 Å². The highest BCUT2D eigenvalue weighted by atomic mass is 16.6. The fourth-order valence-electron chi connectivity index (χ4n) is 1.71. The topological polar surface area (TPSA) is 63.6 Å². The van der Waals surface area contributed by atoms with E-state index in [1.807, 2.05) is 27.7 Å². The number of hydrogen-bond acceptors (Lipinski definition) is 3. The van der Waals surface area contributed by atoms with Gasteiger partial charge >= 0.3 is 11.9 Å². The molecular formula is C16H30O4. The maximum absolute atomic E-state index is 11.7. The minimum atomic E-state index is -0.722. The number of carboxylic acid groups (broad SMARTS) is 1. The van der Waals surface area contributed by atoms with Gasteiger partial charge in [0.05, 0.1) is 0 Å². The van der Waals surface area contributed by atoms with E-state index in [1.165, 1.54) is 0 Å². The Labute approximate surface area is 122 Å². The molecule has 0 aromatic carbocycles. The van der Waals surface area contributed by atoms with Crippen LogP contribution in [0, 0.1) is 5.92 Å². The van der Waals surface area contributed by atoms with Crippen molar-refractivity contribution in [3.63, 3.8) is 0 Å². The second-order valence-corrected chi connectivity index (χ2v) is 6.25. The summed E-state index contributed by atoms with van der Waals surface area (Å²) in [6, 6.07) is 0.